The summed E-state index contributed by atoms with van der Waals surface area (Å²) in [5, 5.41) is 50.0. The molecule has 298 valence electrons. The van der Waals surface area contributed by atoms with E-state index in [1.807, 2.05) is 0 Å². The smallest absolute Gasteiger partial charge is 0.407 e. The third kappa shape index (κ3) is 15.4. The Bertz CT molecular complexity index is 1530. The van der Waals surface area contributed by atoms with Crippen LogP contribution in [0.3, 0.4) is 0 Å². The number of aromatic hydroxyl groups is 1. The van der Waals surface area contributed by atoms with Crippen molar-refractivity contribution < 1.29 is 53.8 Å². The molecule has 1 saturated carbocycles. The second-order valence-corrected chi connectivity index (χ2v) is 14.6. The summed E-state index contributed by atoms with van der Waals surface area (Å²) in [6.07, 6.45) is 3.09. The summed E-state index contributed by atoms with van der Waals surface area (Å²) in [5.41, 5.74) is -2.03. The van der Waals surface area contributed by atoms with Crippen molar-refractivity contribution in [3.63, 3.8) is 0 Å². The molecule has 0 aliphatic heterocycles. The number of phenolic OH excluding ortho intramolecular Hbond substituents is 1. The van der Waals surface area contributed by atoms with Gasteiger partial charge in [-0.2, -0.15) is 0 Å². The number of carbonyl (C=O) groups excluding carboxylic acids is 4. The molecule has 0 heterocycles. The van der Waals surface area contributed by atoms with Crippen LogP contribution in [0.5, 0.6) is 11.5 Å². The highest BCUT2D eigenvalue weighted by atomic mass is 16.6. The molecule has 3 amide bonds. The van der Waals surface area contributed by atoms with Crippen LogP contribution >= 0.6 is 0 Å². The van der Waals surface area contributed by atoms with E-state index < -0.39 is 72.3 Å². The van der Waals surface area contributed by atoms with Crippen LogP contribution in [-0.2, 0) is 23.9 Å². The van der Waals surface area contributed by atoms with Gasteiger partial charge < -0.3 is 50.6 Å². The van der Waals surface area contributed by atoms with Crippen molar-refractivity contribution in [2.24, 2.45) is 0 Å². The molecule has 54 heavy (non-hydrogen) atoms. The average molecular weight is 756 g/mol. The van der Waals surface area contributed by atoms with Gasteiger partial charge in [0.25, 0.3) is 5.91 Å². The number of ether oxygens (including phenoxy) is 3. The van der Waals surface area contributed by atoms with Gasteiger partial charge in [-0.05, 0) is 88.1 Å². The lowest BCUT2D eigenvalue weighted by Crippen LogP contribution is -2.61. The van der Waals surface area contributed by atoms with Crippen molar-refractivity contribution in [2.75, 3.05) is 18.5 Å². The number of anilines is 1. The summed E-state index contributed by atoms with van der Waals surface area (Å²) >= 11 is 0. The van der Waals surface area contributed by atoms with Gasteiger partial charge in [0.1, 0.15) is 41.0 Å². The first kappa shape index (κ1) is 43.7. The number of phenols is 1. The first-order valence-electron chi connectivity index (χ1n) is 18.7. The quantitative estimate of drug-likeness (QED) is 0.0592. The van der Waals surface area contributed by atoms with E-state index in [-0.39, 0.29) is 25.1 Å². The third-order valence-corrected chi connectivity index (χ3v) is 8.70. The van der Waals surface area contributed by atoms with Crippen molar-refractivity contribution in [3.05, 3.63) is 60.2 Å². The van der Waals surface area contributed by atoms with E-state index >= 15 is 0 Å². The summed E-state index contributed by atoms with van der Waals surface area (Å²) in [4.78, 5) is 51.9. The Balaban J connectivity index is 1.65. The average Bonchev–Trinajstić information content (AvgIpc) is 3.11. The van der Waals surface area contributed by atoms with Crippen LogP contribution in [0, 0.1) is 0 Å². The number of nitrogens with one attached hydrogen (secondary N) is 3. The fourth-order valence-electron chi connectivity index (χ4n) is 5.79. The maximum Gasteiger partial charge on any atom is 0.407 e. The zero-order valence-electron chi connectivity index (χ0n) is 31.7. The van der Waals surface area contributed by atoms with Crippen LogP contribution < -0.4 is 20.7 Å². The molecular formula is C40H57N3O11. The van der Waals surface area contributed by atoms with E-state index in [2.05, 4.69) is 22.9 Å². The van der Waals surface area contributed by atoms with Gasteiger partial charge in [0.05, 0.1) is 12.7 Å². The van der Waals surface area contributed by atoms with Crippen molar-refractivity contribution in [2.45, 2.75) is 127 Å². The number of aliphatic hydroxyl groups is 3. The van der Waals surface area contributed by atoms with Gasteiger partial charge in [0.15, 0.2) is 0 Å². The van der Waals surface area contributed by atoms with E-state index in [0.717, 1.165) is 18.9 Å². The molecule has 1 aliphatic carbocycles. The van der Waals surface area contributed by atoms with Crippen LogP contribution in [0.15, 0.2) is 54.6 Å². The lowest BCUT2D eigenvalue weighted by atomic mass is 9.78. The molecule has 14 nitrogen and oxygen atoms in total. The molecule has 5 unspecified atom stereocenters. The Morgan fingerprint density at radius 3 is 2.26 bits per heavy atom. The van der Waals surface area contributed by atoms with Crippen LogP contribution in [0.1, 0.15) is 97.5 Å². The number of aliphatic hydroxyl groups excluding tert-OH is 2. The van der Waals surface area contributed by atoms with Gasteiger partial charge >= 0.3 is 12.1 Å². The highest BCUT2D eigenvalue weighted by Gasteiger charge is 2.50. The SMILES string of the molecule is CCCCCCCCOc1ccc(NC(=O)C(CCCNC(=O)OC(C)(C)C)NC(=O)C2(O)CC(O)C(O)C(OC(=O)/C=C/c3ccc(O)cc3)C2)cc1. The number of carbonyl (C=O) groups is 4. The predicted molar refractivity (Wildman–Crippen MR) is 203 cm³/mol. The second-order valence-electron chi connectivity index (χ2n) is 14.6. The third-order valence-electron chi connectivity index (χ3n) is 8.70. The van der Waals surface area contributed by atoms with Crippen LogP contribution in [0.25, 0.3) is 6.08 Å². The van der Waals surface area contributed by atoms with Gasteiger partial charge in [-0.1, -0.05) is 51.2 Å². The lowest BCUT2D eigenvalue weighted by molar-refractivity contribution is -0.187. The number of amides is 3. The zero-order valence-corrected chi connectivity index (χ0v) is 31.7. The highest BCUT2D eigenvalue weighted by Crippen LogP contribution is 2.32. The monoisotopic (exact) mass is 755 g/mol. The molecule has 2 aromatic rings. The molecule has 7 N–H and O–H groups in total. The van der Waals surface area contributed by atoms with Crippen molar-refractivity contribution >= 4 is 35.6 Å². The summed E-state index contributed by atoms with van der Waals surface area (Å²) in [7, 11) is 0. The van der Waals surface area contributed by atoms with Crippen LogP contribution in [0.4, 0.5) is 10.5 Å². The number of unbranched alkanes of at least 4 members (excludes halogenated alkanes) is 5. The number of alkyl carbamates (subject to hydrolysis) is 1. The second kappa shape index (κ2) is 21.3. The Kier molecular flexibility index (Phi) is 17.2. The fraction of sp³-hybridized carbons (Fsp3) is 0.550. The summed E-state index contributed by atoms with van der Waals surface area (Å²) < 4.78 is 16.4. The number of hydrogen-bond donors (Lipinski definition) is 7. The van der Waals surface area contributed by atoms with Gasteiger partial charge in [-0.15, -0.1) is 0 Å². The minimum Gasteiger partial charge on any atom is -0.508 e. The Morgan fingerprint density at radius 1 is 0.926 bits per heavy atom. The molecule has 5 atom stereocenters. The molecule has 1 fully saturated rings. The van der Waals surface area contributed by atoms with Crippen molar-refractivity contribution in [3.8, 4) is 11.5 Å². The molecule has 0 spiro atoms. The molecular weight excluding hydrogens is 698 g/mol. The Hall–Kier alpha value is -4.66. The number of esters is 1. The normalized spacial score (nSPS) is 20.5. The molecule has 14 heteroatoms. The molecule has 3 rings (SSSR count). The summed E-state index contributed by atoms with van der Waals surface area (Å²) in [5.74, 6) is -1.85. The fourth-order valence-corrected chi connectivity index (χ4v) is 5.79. The maximum absolute atomic E-state index is 13.6. The van der Waals surface area contributed by atoms with Gasteiger partial charge in [0, 0.05) is 31.1 Å². The van der Waals surface area contributed by atoms with Gasteiger partial charge in [-0.25, -0.2) is 9.59 Å². The first-order chi connectivity index (χ1) is 25.6. The number of rotatable bonds is 19. The lowest BCUT2D eigenvalue weighted by Gasteiger charge is -2.41. The van der Waals surface area contributed by atoms with E-state index in [9.17, 15) is 39.6 Å². The Morgan fingerprint density at radius 2 is 1.59 bits per heavy atom. The number of hydrogen-bond acceptors (Lipinski definition) is 11. The standard InChI is InChI=1S/C40H57N3O11/c1-5-6-7-8-9-10-24-52-30-20-16-28(17-21-30)42-36(48)31(12-11-23-41-38(50)54-39(2,3)4)43-37(49)40(51)25-32(45)35(47)33(26-40)53-34(46)22-15-27-13-18-29(44)19-14-27/h13-22,31-33,35,44-45,47,51H,5-12,23-26H2,1-4H3,(H,41,50)(H,42,48)(H,43,49)/b22-15+. The minimum absolute atomic E-state index is 0.0363. The molecule has 0 aromatic heterocycles. The van der Waals surface area contributed by atoms with E-state index in [1.54, 1.807) is 57.2 Å². The highest BCUT2D eigenvalue weighted by molar-refractivity contribution is 5.98. The van der Waals surface area contributed by atoms with Crippen LogP contribution in [0.2, 0.25) is 0 Å². The molecule has 0 radical (unpaired) electrons. The van der Waals surface area contributed by atoms with Gasteiger partial charge in [0.2, 0.25) is 5.91 Å². The van der Waals surface area contributed by atoms with E-state index in [0.29, 0.717) is 23.6 Å². The topological polar surface area (TPSA) is 213 Å². The van der Waals surface area contributed by atoms with Crippen molar-refractivity contribution in [1.29, 1.82) is 0 Å². The zero-order chi connectivity index (χ0) is 39.7. The van der Waals surface area contributed by atoms with Crippen LogP contribution in [-0.4, -0.2) is 93.0 Å². The molecule has 2 aromatic carbocycles. The van der Waals surface area contributed by atoms with E-state index in [4.69, 9.17) is 14.2 Å². The first-order valence-corrected chi connectivity index (χ1v) is 18.7. The van der Waals surface area contributed by atoms with E-state index in [1.165, 1.54) is 43.9 Å². The number of benzene rings is 2. The molecule has 1 aliphatic rings. The minimum atomic E-state index is -2.33. The predicted octanol–water partition coefficient (Wildman–Crippen LogP) is 4.73. The molecule has 0 saturated heterocycles. The molecule has 0 bridgehead atoms. The summed E-state index contributed by atoms with van der Waals surface area (Å²) in [6, 6.07) is 11.6. The Labute approximate surface area is 317 Å². The van der Waals surface area contributed by atoms with Gasteiger partial charge in [-0.3, -0.25) is 9.59 Å². The largest absolute Gasteiger partial charge is 0.508 e. The summed E-state index contributed by atoms with van der Waals surface area (Å²) in [6.45, 7) is 8.05. The maximum atomic E-state index is 13.6. The van der Waals surface area contributed by atoms with Crippen molar-refractivity contribution in [1.82, 2.24) is 10.6 Å².